The van der Waals surface area contributed by atoms with Crippen molar-refractivity contribution in [3.05, 3.63) is 120 Å². The molecule has 0 aliphatic heterocycles. The van der Waals surface area contributed by atoms with E-state index >= 15 is 0 Å². The molecule has 0 radical (unpaired) electrons. The first-order valence-electron chi connectivity index (χ1n) is 14.4. The highest BCUT2D eigenvalue weighted by molar-refractivity contribution is 7.92. The molecule has 5 rings (SSSR count). The number of nitrogens with zero attached hydrogens (tertiary/aromatic N) is 3. The van der Waals surface area contributed by atoms with Crippen molar-refractivity contribution in [1.82, 2.24) is 20.4 Å². The number of ether oxygens (including phenoxy) is 1. The molecule has 0 aliphatic rings. The summed E-state index contributed by atoms with van der Waals surface area (Å²) in [4.78, 5) is 8.63. The number of rotatable bonds is 15. The van der Waals surface area contributed by atoms with Crippen LogP contribution in [0.25, 0.3) is 11.4 Å². The van der Waals surface area contributed by atoms with Crippen molar-refractivity contribution < 1.29 is 22.8 Å². The van der Waals surface area contributed by atoms with Crippen LogP contribution in [-0.4, -0.2) is 48.8 Å². The van der Waals surface area contributed by atoms with Crippen molar-refractivity contribution in [3.63, 3.8) is 0 Å². The van der Waals surface area contributed by atoms with Crippen LogP contribution in [-0.2, 0) is 29.3 Å². The third-order valence-electron chi connectivity index (χ3n) is 7.11. The first-order valence-corrected chi connectivity index (χ1v) is 15.8. The lowest BCUT2D eigenvalue weighted by atomic mass is 10.1. The monoisotopic (exact) mass is 613 g/mol. The Kier molecular flexibility index (Phi) is 10.3. The molecule has 0 bridgehead atoms. The van der Waals surface area contributed by atoms with Gasteiger partial charge in [0.1, 0.15) is 5.75 Å². The van der Waals surface area contributed by atoms with Crippen LogP contribution in [0.15, 0.2) is 107 Å². The van der Waals surface area contributed by atoms with Gasteiger partial charge in [-0.2, -0.15) is 4.98 Å². The smallest absolute Gasteiger partial charge is 0.261 e. The maximum atomic E-state index is 13.0. The summed E-state index contributed by atoms with van der Waals surface area (Å²) in [6.07, 6.45) is 5.79. The summed E-state index contributed by atoms with van der Waals surface area (Å²) in [6.45, 7) is 1.09. The lowest BCUT2D eigenvalue weighted by Gasteiger charge is -2.12. The molecule has 228 valence electrons. The Labute approximate surface area is 257 Å². The molecule has 2 aromatic heterocycles. The molecular formula is C33H35N5O5S. The highest BCUT2D eigenvalue weighted by atomic mass is 32.2. The number of hydrogen-bond acceptors (Lipinski definition) is 9. The van der Waals surface area contributed by atoms with E-state index in [1.165, 1.54) is 17.7 Å². The second kappa shape index (κ2) is 14.7. The van der Waals surface area contributed by atoms with Crippen LogP contribution >= 0.6 is 0 Å². The fourth-order valence-corrected chi connectivity index (χ4v) is 5.67. The van der Waals surface area contributed by atoms with Gasteiger partial charge in [0.2, 0.25) is 11.7 Å². The zero-order chi connectivity index (χ0) is 30.8. The molecule has 0 aliphatic carbocycles. The first kappa shape index (κ1) is 30.9. The highest BCUT2D eigenvalue weighted by Gasteiger charge is 2.16. The highest BCUT2D eigenvalue weighted by Crippen LogP contribution is 2.22. The SMILES string of the molecule is COc1ccc(CCCc2nc(-c3ccc(S(=O)(=O)Nc4ccc(CCNCC(O)c5cccnc5)cc4)cc3)no2)cc1. The normalized spacial score (nSPS) is 12.1. The Balaban J connectivity index is 1.08. The van der Waals surface area contributed by atoms with Crippen LogP contribution in [0.2, 0.25) is 0 Å². The number of aryl methyl sites for hydroxylation is 2. The van der Waals surface area contributed by atoms with Gasteiger partial charge in [-0.05, 0) is 91.5 Å². The lowest BCUT2D eigenvalue weighted by Crippen LogP contribution is -2.23. The minimum atomic E-state index is -3.79. The number of sulfonamides is 1. The van der Waals surface area contributed by atoms with Crippen molar-refractivity contribution >= 4 is 15.7 Å². The molecule has 3 aromatic carbocycles. The Morgan fingerprint density at radius 3 is 2.34 bits per heavy atom. The van der Waals surface area contributed by atoms with E-state index in [0.717, 1.165) is 36.1 Å². The number of aliphatic hydroxyl groups is 1. The van der Waals surface area contributed by atoms with Crippen LogP contribution < -0.4 is 14.8 Å². The fraction of sp³-hybridized carbons (Fsp3) is 0.242. The summed E-state index contributed by atoms with van der Waals surface area (Å²) < 4.78 is 39.2. The molecule has 2 heterocycles. The van der Waals surface area contributed by atoms with Crippen LogP contribution in [0, 0.1) is 0 Å². The average molecular weight is 614 g/mol. The third-order valence-corrected chi connectivity index (χ3v) is 8.51. The molecule has 1 unspecified atom stereocenters. The van der Waals surface area contributed by atoms with Crippen molar-refractivity contribution in [2.75, 3.05) is 24.9 Å². The molecule has 0 saturated carbocycles. The average Bonchev–Trinajstić information content (AvgIpc) is 3.53. The first-order chi connectivity index (χ1) is 21.4. The van der Waals surface area contributed by atoms with E-state index in [4.69, 9.17) is 9.26 Å². The zero-order valence-corrected chi connectivity index (χ0v) is 25.2. The Bertz CT molecular complexity index is 1710. The number of anilines is 1. The summed E-state index contributed by atoms with van der Waals surface area (Å²) in [5, 5.41) is 17.5. The van der Waals surface area contributed by atoms with Crippen LogP contribution in [0.4, 0.5) is 5.69 Å². The van der Waals surface area contributed by atoms with Crippen molar-refractivity contribution in [2.45, 2.75) is 36.7 Å². The molecule has 1 atom stereocenters. The van der Waals surface area contributed by atoms with Crippen LogP contribution in [0.1, 0.15) is 35.1 Å². The number of aliphatic hydroxyl groups excluding tert-OH is 1. The zero-order valence-electron chi connectivity index (χ0n) is 24.4. The van der Waals surface area contributed by atoms with Crippen molar-refractivity contribution in [1.29, 1.82) is 0 Å². The van der Waals surface area contributed by atoms with E-state index < -0.39 is 16.1 Å². The van der Waals surface area contributed by atoms with Crippen LogP contribution in [0.3, 0.4) is 0 Å². The summed E-state index contributed by atoms with van der Waals surface area (Å²) in [6, 6.07) is 25.2. The third kappa shape index (κ3) is 8.50. The molecule has 5 aromatic rings. The second-order valence-electron chi connectivity index (χ2n) is 10.3. The van der Waals surface area contributed by atoms with Gasteiger partial charge >= 0.3 is 0 Å². The van der Waals surface area contributed by atoms with Gasteiger partial charge in [0.25, 0.3) is 10.0 Å². The van der Waals surface area contributed by atoms with Gasteiger partial charge in [-0.3, -0.25) is 9.71 Å². The minimum Gasteiger partial charge on any atom is -0.497 e. The molecular weight excluding hydrogens is 578 g/mol. The van der Waals surface area contributed by atoms with Gasteiger partial charge < -0.3 is 19.7 Å². The number of aromatic nitrogens is 3. The number of nitrogens with one attached hydrogen (secondary N) is 2. The van der Waals surface area contributed by atoms with Gasteiger partial charge in [0.05, 0.1) is 18.1 Å². The standard InChI is InChI=1S/C33H35N5O5S/c1-42-29-15-9-24(10-16-29)4-2-6-32-36-33(37-43-32)26-11-17-30(18-12-26)44(40,41)38-28-13-7-25(8-14-28)19-21-35-23-31(39)27-5-3-20-34-22-27/h3,5,7-18,20,22,31,35,38-39H,2,4,6,19,21,23H2,1H3. The lowest BCUT2D eigenvalue weighted by molar-refractivity contribution is 0.174. The van der Waals surface area contributed by atoms with Gasteiger partial charge in [-0.15, -0.1) is 0 Å². The molecule has 0 saturated heterocycles. The van der Waals surface area contributed by atoms with Crippen molar-refractivity contribution in [2.24, 2.45) is 0 Å². The van der Waals surface area contributed by atoms with E-state index in [1.807, 2.05) is 42.5 Å². The maximum Gasteiger partial charge on any atom is 0.261 e. The molecule has 0 fully saturated rings. The number of methoxy groups -OCH3 is 1. The topological polar surface area (TPSA) is 139 Å². The molecule has 10 nitrogen and oxygen atoms in total. The fourth-order valence-electron chi connectivity index (χ4n) is 4.61. The van der Waals surface area contributed by atoms with E-state index in [0.29, 0.717) is 42.5 Å². The van der Waals surface area contributed by atoms with Gasteiger partial charge in [0, 0.05) is 42.2 Å². The predicted molar refractivity (Wildman–Crippen MR) is 168 cm³/mol. The summed E-state index contributed by atoms with van der Waals surface area (Å²) in [7, 11) is -2.14. The Hall–Kier alpha value is -4.58. The largest absolute Gasteiger partial charge is 0.497 e. The summed E-state index contributed by atoms with van der Waals surface area (Å²) >= 11 is 0. The van der Waals surface area contributed by atoms with E-state index in [1.54, 1.807) is 49.8 Å². The Morgan fingerprint density at radius 2 is 1.64 bits per heavy atom. The molecule has 11 heteroatoms. The molecule has 3 N–H and O–H groups in total. The van der Waals surface area contributed by atoms with Gasteiger partial charge in [-0.1, -0.05) is 35.5 Å². The van der Waals surface area contributed by atoms with E-state index in [2.05, 4.69) is 25.2 Å². The van der Waals surface area contributed by atoms with Crippen molar-refractivity contribution in [3.8, 4) is 17.1 Å². The van der Waals surface area contributed by atoms with Gasteiger partial charge in [-0.25, -0.2) is 8.42 Å². The molecule has 0 spiro atoms. The van der Waals surface area contributed by atoms with Gasteiger partial charge in [0.15, 0.2) is 0 Å². The number of benzene rings is 3. The molecule has 44 heavy (non-hydrogen) atoms. The number of pyridine rings is 1. The van der Waals surface area contributed by atoms with E-state index in [-0.39, 0.29) is 4.90 Å². The number of hydrogen-bond donors (Lipinski definition) is 3. The molecule has 0 amide bonds. The summed E-state index contributed by atoms with van der Waals surface area (Å²) in [5.74, 6) is 1.78. The second-order valence-corrected chi connectivity index (χ2v) is 12.0. The summed E-state index contributed by atoms with van der Waals surface area (Å²) in [5.41, 5.74) is 4.15. The maximum absolute atomic E-state index is 13.0. The van der Waals surface area contributed by atoms with Crippen LogP contribution in [0.5, 0.6) is 5.75 Å². The predicted octanol–water partition coefficient (Wildman–Crippen LogP) is 4.98. The quantitative estimate of drug-likeness (QED) is 0.140. The minimum absolute atomic E-state index is 0.130. The van der Waals surface area contributed by atoms with E-state index in [9.17, 15) is 13.5 Å². The Morgan fingerprint density at radius 1 is 0.909 bits per heavy atom.